The van der Waals surface area contributed by atoms with Gasteiger partial charge in [-0.05, 0) is 24.3 Å². The van der Waals surface area contributed by atoms with E-state index in [1.807, 2.05) is 30.3 Å². The van der Waals surface area contributed by atoms with Gasteiger partial charge in [-0.1, -0.05) is 36.4 Å². The van der Waals surface area contributed by atoms with Crippen LogP contribution in [0.15, 0.2) is 91.0 Å². The molecule has 0 bridgehead atoms. The van der Waals surface area contributed by atoms with Crippen LogP contribution in [-0.4, -0.2) is 26.7 Å². The summed E-state index contributed by atoms with van der Waals surface area (Å²) in [5.74, 6) is 0. The summed E-state index contributed by atoms with van der Waals surface area (Å²) in [4.78, 5) is 0. The third-order valence-electron chi connectivity index (χ3n) is 3.26. The van der Waals surface area contributed by atoms with Gasteiger partial charge < -0.3 is 0 Å². The standard InChI is InChI=1S/2C8H11P.C5H5.Os.H/c2*1-9(2)8-6-4-3-5-7-8;1-2-4-5-3-1;;/h2*3-7H,1-2H3;1-5H;;/q;;-1;;/p+2. The van der Waals surface area contributed by atoms with Gasteiger partial charge >= 0.3 is 19.8 Å². The monoisotopic (exact) mass is 536 g/mol. The third kappa shape index (κ3) is 10.9. The van der Waals surface area contributed by atoms with Gasteiger partial charge in [-0.25, -0.2) is 12.1 Å². The smallest absolute Gasteiger partial charge is 0.172 e. The molecule has 0 atom stereocenters. The van der Waals surface area contributed by atoms with E-state index in [0.717, 1.165) is 0 Å². The molecule has 0 saturated carbocycles. The van der Waals surface area contributed by atoms with E-state index in [1.54, 1.807) is 0 Å². The first-order valence-corrected chi connectivity index (χ1v) is 13.0. The van der Waals surface area contributed by atoms with Crippen LogP contribution in [0.1, 0.15) is 0 Å². The summed E-state index contributed by atoms with van der Waals surface area (Å²) in [5, 5.41) is 3.03. The molecule has 0 aromatic heterocycles. The van der Waals surface area contributed by atoms with Gasteiger partial charge in [0.15, 0.2) is 0 Å². The van der Waals surface area contributed by atoms with E-state index >= 15 is 0 Å². The second-order valence-corrected chi connectivity index (χ2v) is 10.8. The van der Waals surface area contributed by atoms with E-state index < -0.39 is 0 Å². The maximum Gasteiger partial charge on any atom is -0.172 e. The molecule has 24 heavy (non-hydrogen) atoms. The molecule has 0 radical (unpaired) electrons. The summed E-state index contributed by atoms with van der Waals surface area (Å²) < 4.78 is 0. The first kappa shape index (κ1) is 23.3. The van der Waals surface area contributed by atoms with Crippen molar-refractivity contribution in [2.45, 2.75) is 0 Å². The Morgan fingerprint density at radius 3 is 1.04 bits per heavy atom. The first-order valence-electron chi connectivity index (χ1n) is 7.99. The molecule has 3 aromatic carbocycles. The van der Waals surface area contributed by atoms with Crippen molar-refractivity contribution in [2.75, 3.05) is 26.7 Å². The summed E-state index contributed by atoms with van der Waals surface area (Å²) in [6.45, 7) is 9.22. The summed E-state index contributed by atoms with van der Waals surface area (Å²) in [6.07, 6.45) is 0. The average molecular weight is 535 g/mol. The second-order valence-electron chi connectivity index (χ2n) is 5.69. The Hall–Kier alpha value is -0.714. The predicted molar refractivity (Wildman–Crippen MR) is 116 cm³/mol. The minimum Gasteiger partial charge on any atom is -0.214 e. The molecule has 0 fully saturated rings. The van der Waals surface area contributed by atoms with Gasteiger partial charge in [-0.3, -0.25) is 0 Å². The van der Waals surface area contributed by atoms with Gasteiger partial charge in [-0.2, -0.15) is 18.2 Å². The molecule has 3 heteroatoms. The zero-order chi connectivity index (χ0) is 16.9. The molecule has 0 nitrogen and oxygen atoms in total. The van der Waals surface area contributed by atoms with Crippen LogP contribution in [-0.2, 0) is 19.8 Å². The maximum absolute atomic E-state index is 2.31. The largest absolute Gasteiger partial charge is 0.214 e. The van der Waals surface area contributed by atoms with Crippen molar-refractivity contribution < 1.29 is 19.8 Å². The topological polar surface area (TPSA) is 0 Å². The van der Waals surface area contributed by atoms with Crippen LogP contribution in [0.25, 0.3) is 0 Å². The van der Waals surface area contributed by atoms with Gasteiger partial charge in [0, 0.05) is 15.8 Å². The molecule has 0 unspecified atom stereocenters. The van der Waals surface area contributed by atoms with Gasteiger partial charge in [0.25, 0.3) is 0 Å². The Morgan fingerprint density at radius 2 is 0.875 bits per heavy atom. The molecular weight excluding hydrogens is 504 g/mol. The van der Waals surface area contributed by atoms with Crippen LogP contribution < -0.4 is 10.6 Å². The number of hydrogen-bond acceptors (Lipinski definition) is 0. The van der Waals surface area contributed by atoms with Gasteiger partial charge in [0.2, 0.25) is 0 Å². The fourth-order valence-electron chi connectivity index (χ4n) is 1.86. The van der Waals surface area contributed by atoms with E-state index in [4.69, 9.17) is 0 Å². The summed E-state index contributed by atoms with van der Waals surface area (Å²) in [6, 6.07) is 31.4. The number of rotatable bonds is 2. The molecule has 0 spiro atoms. The molecule has 0 heterocycles. The van der Waals surface area contributed by atoms with Crippen molar-refractivity contribution in [3.8, 4) is 0 Å². The van der Waals surface area contributed by atoms with Crippen LogP contribution in [0.5, 0.6) is 0 Å². The van der Waals surface area contributed by atoms with Crippen molar-refractivity contribution in [1.82, 2.24) is 0 Å². The summed E-state index contributed by atoms with van der Waals surface area (Å²) in [5.41, 5.74) is 0. The quantitative estimate of drug-likeness (QED) is 0.330. The summed E-state index contributed by atoms with van der Waals surface area (Å²) in [7, 11) is -0.424. The first-order chi connectivity index (χ1) is 11.1. The Bertz CT molecular complexity index is 530. The molecule has 0 aliphatic rings. The van der Waals surface area contributed by atoms with Gasteiger partial charge in [0.05, 0.1) is 37.3 Å². The molecule has 3 aromatic rings. The van der Waals surface area contributed by atoms with Crippen molar-refractivity contribution in [1.29, 1.82) is 0 Å². The molecule has 0 aliphatic heterocycles. The maximum atomic E-state index is 2.31. The molecule has 0 saturated heterocycles. The Balaban J connectivity index is 0.000000337. The molecule has 0 amide bonds. The Morgan fingerprint density at radius 1 is 0.542 bits per heavy atom. The van der Waals surface area contributed by atoms with E-state index in [-0.39, 0.29) is 35.6 Å². The van der Waals surface area contributed by atoms with E-state index in [1.165, 1.54) is 10.6 Å². The predicted octanol–water partition coefficient (Wildman–Crippen LogP) is 4.71. The Labute approximate surface area is 163 Å². The minimum absolute atomic E-state index is 0. The van der Waals surface area contributed by atoms with Crippen molar-refractivity contribution in [3.05, 3.63) is 91.0 Å². The van der Waals surface area contributed by atoms with Crippen molar-refractivity contribution >= 4 is 26.5 Å². The zero-order valence-electron chi connectivity index (χ0n) is 15.0. The second kappa shape index (κ2) is 14.6. The van der Waals surface area contributed by atoms with Crippen LogP contribution in [0.2, 0.25) is 0 Å². The van der Waals surface area contributed by atoms with Crippen LogP contribution >= 0.6 is 15.8 Å². The average Bonchev–Trinajstić information content (AvgIpc) is 3.17. The summed E-state index contributed by atoms with van der Waals surface area (Å²) >= 11 is 0. The van der Waals surface area contributed by atoms with E-state index in [9.17, 15) is 0 Å². The fourth-order valence-corrected chi connectivity index (χ4v) is 3.58. The van der Waals surface area contributed by atoms with Gasteiger partial charge in [0.1, 0.15) is 0 Å². The van der Waals surface area contributed by atoms with Gasteiger partial charge in [-0.15, -0.1) is 0 Å². The third-order valence-corrected chi connectivity index (χ3v) is 6.23. The van der Waals surface area contributed by atoms with E-state index in [2.05, 4.69) is 87.3 Å². The Kier molecular flexibility index (Phi) is 14.2. The minimum atomic E-state index is -0.212. The van der Waals surface area contributed by atoms with Crippen LogP contribution in [0, 0.1) is 0 Å². The number of hydrogen-bond donors (Lipinski definition) is 0. The fraction of sp³-hybridized carbons (Fsp3) is 0.190. The van der Waals surface area contributed by atoms with Crippen LogP contribution in [0.4, 0.5) is 0 Å². The molecule has 3 rings (SSSR count). The van der Waals surface area contributed by atoms with Crippen LogP contribution in [0.3, 0.4) is 0 Å². The normalized spacial score (nSPS) is 9.25. The van der Waals surface area contributed by atoms with Crippen molar-refractivity contribution in [3.63, 3.8) is 0 Å². The molecule has 131 valence electrons. The number of benzene rings is 2. The molecular formula is C21H30OsP2+. The SMILES string of the molecule is C[PH+](C)c1ccccc1.C[PH+](C)c1ccccc1.[OsH].c1cc[cH-]c1. The zero-order valence-corrected chi connectivity index (χ0v) is 19.8. The van der Waals surface area contributed by atoms with E-state index in [0.29, 0.717) is 0 Å². The molecule has 0 aliphatic carbocycles. The molecule has 0 N–H and O–H groups in total. The van der Waals surface area contributed by atoms with Crippen molar-refractivity contribution in [2.24, 2.45) is 0 Å².